The number of benzene rings is 1. The largest absolute Gasteiger partial charge is 0.323 e. The molecule has 8 heteroatoms. The van der Waals surface area contributed by atoms with Crippen LogP contribution >= 0.6 is 11.6 Å². The number of nitrogens with zero attached hydrogens (tertiary/aromatic N) is 4. The van der Waals surface area contributed by atoms with Crippen LogP contribution in [0.2, 0.25) is 5.02 Å². The number of nitrogens with one attached hydrogen (secondary N) is 2. The van der Waals surface area contributed by atoms with E-state index in [0.29, 0.717) is 22.9 Å². The molecule has 3 heterocycles. The van der Waals surface area contributed by atoms with Gasteiger partial charge in [0.15, 0.2) is 0 Å². The van der Waals surface area contributed by atoms with Crippen LogP contribution in [0.4, 0.5) is 16.2 Å². The first-order valence-corrected chi connectivity index (χ1v) is 8.32. The molecule has 0 unspecified atom stereocenters. The smallest absolute Gasteiger partial charge is 0.308 e. The van der Waals surface area contributed by atoms with Gasteiger partial charge in [0.25, 0.3) is 0 Å². The zero-order valence-corrected chi connectivity index (χ0v) is 14.4. The first-order chi connectivity index (χ1) is 12.7. The van der Waals surface area contributed by atoms with Gasteiger partial charge in [-0.2, -0.15) is 5.10 Å². The topological polar surface area (TPSA) is 76.2 Å². The number of imidazole rings is 1. The molecule has 0 aliphatic rings. The average Bonchev–Trinajstić information content (AvgIpc) is 3.21. The van der Waals surface area contributed by atoms with Crippen LogP contribution in [0.1, 0.15) is 5.69 Å². The first-order valence-electron chi connectivity index (χ1n) is 7.94. The van der Waals surface area contributed by atoms with Gasteiger partial charge >= 0.3 is 6.03 Å². The lowest BCUT2D eigenvalue weighted by atomic mass is 10.3. The lowest BCUT2D eigenvalue weighted by molar-refractivity contribution is 0.262. The average molecular weight is 367 g/mol. The summed E-state index contributed by atoms with van der Waals surface area (Å²) in [5.41, 5.74) is 2.98. The van der Waals surface area contributed by atoms with Gasteiger partial charge in [-0.05, 0) is 30.3 Å². The Hall–Kier alpha value is -3.32. The highest BCUT2D eigenvalue weighted by molar-refractivity contribution is 6.30. The number of hydrogen-bond donors (Lipinski definition) is 2. The minimum Gasteiger partial charge on any atom is -0.308 e. The van der Waals surface area contributed by atoms with E-state index in [1.807, 2.05) is 35.0 Å². The van der Waals surface area contributed by atoms with Crippen molar-refractivity contribution in [2.24, 2.45) is 0 Å². The number of rotatable bonds is 4. The van der Waals surface area contributed by atoms with Gasteiger partial charge in [-0.3, -0.25) is 4.68 Å². The highest BCUT2D eigenvalue weighted by atomic mass is 35.5. The maximum atomic E-state index is 12.1. The standard InChI is InChI=1S/C18H15ClN6O/c19-13-4-3-5-14(8-13)22-18(26)23-15-9-20-25(11-15)12-16-10-24-7-2-1-6-17(24)21-16/h1-11H,12H2,(H2,22,23,26). The highest BCUT2D eigenvalue weighted by Crippen LogP contribution is 2.15. The molecule has 1 aromatic carbocycles. The van der Waals surface area contributed by atoms with E-state index in [9.17, 15) is 4.79 Å². The summed E-state index contributed by atoms with van der Waals surface area (Å²) in [5.74, 6) is 0. The third-order valence-electron chi connectivity index (χ3n) is 3.71. The Morgan fingerprint density at radius 1 is 1.08 bits per heavy atom. The lowest BCUT2D eigenvalue weighted by Crippen LogP contribution is -2.19. The zero-order chi connectivity index (χ0) is 17.9. The summed E-state index contributed by atoms with van der Waals surface area (Å²) in [5, 5.41) is 10.3. The molecule has 0 atom stereocenters. The van der Waals surface area contributed by atoms with Crippen LogP contribution in [0.5, 0.6) is 0 Å². The number of amides is 2. The van der Waals surface area contributed by atoms with Crippen molar-refractivity contribution in [2.45, 2.75) is 6.54 Å². The van der Waals surface area contributed by atoms with Crippen molar-refractivity contribution >= 4 is 34.7 Å². The molecule has 7 nitrogen and oxygen atoms in total. The molecule has 2 amide bonds. The Morgan fingerprint density at radius 2 is 1.96 bits per heavy atom. The molecule has 2 N–H and O–H groups in total. The Kier molecular flexibility index (Phi) is 4.28. The fraction of sp³-hybridized carbons (Fsp3) is 0.0556. The van der Waals surface area contributed by atoms with Crippen LogP contribution in [0.25, 0.3) is 5.65 Å². The molecule has 0 radical (unpaired) electrons. The highest BCUT2D eigenvalue weighted by Gasteiger charge is 2.07. The van der Waals surface area contributed by atoms with Crippen molar-refractivity contribution in [1.82, 2.24) is 19.2 Å². The zero-order valence-electron chi connectivity index (χ0n) is 13.6. The van der Waals surface area contributed by atoms with Crippen molar-refractivity contribution in [1.29, 1.82) is 0 Å². The fourth-order valence-electron chi connectivity index (χ4n) is 2.60. The third-order valence-corrected chi connectivity index (χ3v) is 3.95. The Labute approximate surface area is 154 Å². The van der Waals surface area contributed by atoms with Gasteiger partial charge in [-0.25, -0.2) is 9.78 Å². The van der Waals surface area contributed by atoms with Crippen LogP contribution in [0.15, 0.2) is 67.3 Å². The van der Waals surface area contributed by atoms with Crippen molar-refractivity contribution in [2.75, 3.05) is 10.6 Å². The molecule has 0 spiro atoms. The molecule has 3 aromatic heterocycles. The number of pyridine rings is 1. The van der Waals surface area contributed by atoms with Crippen molar-refractivity contribution in [3.8, 4) is 0 Å². The SMILES string of the molecule is O=C(Nc1cccc(Cl)c1)Nc1cnn(Cc2cn3ccccc3n2)c1. The van der Waals surface area contributed by atoms with Crippen molar-refractivity contribution in [3.63, 3.8) is 0 Å². The summed E-state index contributed by atoms with van der Waals surface area (Å²) in [6, 6.07) is 12.4. The molecule has 0 aliphatic heterocycles. The van der Waals surface area contributed by atoms with E-state index < -0.39 is 0 Å². The van der Waals surface area contributed by atoms with Crippen LogP contribution in [0, 0.1) is 0 Å². The monoisotopic (exact) mass is 366 g/mol. The number of anilines is 2. The molecular formula is C18H15ClN6O. The molecule has 0 saturated carbocycles. The number of carbonyl (C=O) groups excluding carboxylic acids is 1. The van der Waals surface area contributed by atoms with Gasteiger partial charge in [0.2, 0.25) is 0 Å². The summed E-state index contributed by atoms with van der Waals surface area (Å²) in [7, 11) is 0. The summed E-state index contributed by atoms with van der Waals surface area (Å²) in [4.78, 5) is 16.6. The number of urea groups is 1. The van der Waals surface area contributed by atoms with Crippen molar-refractivity contribution < 1.29 is 4.79 Å². The van der Waals surface area contributed by atoms with Crippen LogP contribution in [0.3, 0.4) is 0 Å². The molecule has 0 bridgehead atoms. The normalized spacial score (nSPS) is 10.8. The van der Waals surface area contributed by atoms with Gasteiger partial charge < -0.3 is 15.0 Å². The molecule has 0 aliphatic carbocycles. The van der Waals surface area contributed by atoms with Crippen molar-refractivity contribution in [3.05, 3.63) is 78.0 Å². The van der Waals surface area contributed by atoms with E-state index in [0.717, 1.165) is 11.3 Å². The maximum absolute atomic E-state index is 12.1. The second kappa shape index (κ2) is 6.89. The predicted molar refractivity (Wildman–Crippen MR) is 101 cm³/mol. The first kappa shape index (κ1) is 16.2. The summed E-state index contributed by atoms with van der Waals surface area (Å²) < 4.78 is 3.67. The summed E-state index contributed by atoms with van der Waals surface area (Å²) >= 11 is 5.91. The summed E-state index contributed by atoms with van der Waals surface area (Å²) in [6.07, 6.45) is 7.24. The van der Waals surface area contributed by atoms with Gasteiger partial charge in [0, 0.05) is 29.3 Å². The molecular weight excluding hydrogens is 352 g/mol. The van der Waals surface area contributed by atoms with E-state index in [-0.39, 0.29) is 6.03 Å². The van der Waals surface area contributed by atoms with Gasteiger partial charge in [0.1, 0.15) is 5.65 Å². The summed E-state index contributed by atoms with van der Waals surface area (Å²) in [6.45, 7) is 0.513. The van der Waals surface area contributed by atoms with E-state index >= 15 is 0 Å². The second-order valence-corrected chi connectivity index (χ2v) is 6.15. The number of aromatic nitrogens is 4. The minimum absolute atomic E-state index is 0.362. The molecule has 0 fully saturated rings. The van der Waals surface area contributed by atoms with E-state index in [2.05, 4.69) is 20.7 Å². The number of fused-ring (bicyclic) bond motifs is 1. The third kappa shape index (κ3) is 3.68. The number of hydrogen-bond acceptors (Lipinski definition) is 3. The number of carbonyl (C=O) groups is 1. The fourth-order valence-corrected chi connectivity index (χ4v) is 2.79. The maximum Gasteiger partial charge on any atom is 0.323 e. The molecule has 130 valence electrons. The Morgan fingerprint density at radius 3 is 2.81 bits per heavy atom. The van der Waals surface area contributed by atoms with E-state index in [1.165, 1.54) is 0 Å². The Bertz CT molecular complexity index is 1040. The quantitative estimate of drug-likeness (QED) is 0.575. The minimum atomic E-state index is -0.362. The Balaban J connectivity index is 1.40. The van der Waals surface area contributed by atoms with E-state index in [4.69, 9.17) is 11.6 Å². The molecule has 0 saturated heterocycles. The van der Waals surface area contributed by atoms with E-state index in [1.54, 1.807) is 41.3 Å². The van der Waals surface area contributed by atoms with Crippen LogP contribution < -0.4 is 10.6 Å². The predicted octanol–water partition coefficient (Wildman–Crippen LogP) is 3.88. The lowest BCUT2D eigenvalue weighted by Gasteiger charge is -2.05. The second-order valence-electron chi connectivity index (χ2n) is 5.71. The molecule has 26 heavy (non-hydrogen) atoms. The van der Waals surface area contributed by atoms with Gasteiger partial charge in [-0.1, -0.05) is 23.7 Å². The van der Waals surface area contributed by atoms with Crippen LogP contribution in [-0.2, 0) is 6.54 Å². The molecule has 4 rings (SSSR count). The molecule has 4 aromatic rings. The number of halogens is 1. The van der Waals surface area contributed by atoms with Gasteiger partial charge in [-0.15, -0.1) is 0 Å². The van der Waals surface area contributed by atoms with Crippen LogP contribution in [-0.4, -0.2) is 25.2 Å². The van der Waals surface area contributed by atoms with Gasteiger partial charge in [0.05, 0.1) is 24.1 Å².